The smallest absolute Gasteiger partial charge is 0.252 e. The summed E-state index contributed by atoms with van der Waals surface area (Å²) in [6, 6.07) is 7.05. The highest BCUT2D eigenvalue weighted by Crippen LogP contribution is 2.14. The van der Waals surface area contributed by atoms with Gasteiger partial charge in [0.1, 0.15) is 0 Å². The topological polar surface area (TPSA) is 68.8 Å². The summed E-state index contributed by atoms with van der Waals surface area (Å²) in [5, 5.41) is 9.82. The van der Waals surface area contributed by atoms with E-state index < -0.39 is 0 Å². The van der Waals surface area contributed by atoms with Crippen molar-refractivity contribution >= 4 is 23.5 Å². The van der Waals surface area contributed by atoms with Gasteiger partial charge in [-0.05, 0) is 45.0 Å². The van der Waals surface area contributed by atoms with Crippen molar-refractivity contribution < 1.29 is 4.79 Å². The number of nitrogens with one attached hydrogen (secondary N) is 3. The molecule has 1 amide bonds. The van der Waals surface area contributed by atoms with Crippen LogP contribution in [-0.4, -0.2) is 62.6 Å². The molecule has 1 aromatic rings. The zero-order valence-corrected chi connectivity index (χ0v) is 16.3. The monoisotopic (exact) mass is 379 g/mol. The van der Waals surface area contributed by atoms with Crippen molar-refractivity contribution in [3.8, 4) is 0 Å². The lowest BCUT2D eigenvalue weighted by atomic mass is 10.1. The third kappa shape index (κ3) is 7.22. The van der Waals surface area contributed by atoms with Gasteiger partial charge < -0.3 is 20.9 Å². The van der Waals surface area contributed by atoms with Crippen LogP contribution in [0.4, 0.5) is 0 Å². The number of benzene rings is 1. The minimum atomic E-state index is -0.163. The molecule has 0 bridgehead atoms. The maximum Gasteiger partial charge on any atom is 0.252 e. The molecule has 0 saturated carbocycles. The summed E-state index contributed by atoms with van der Waals surface area (Å²) < 4.78 is 0. The standard InChI is InChI=1S/C19H30ClN5O/c1-2-21-19(24-12-15-25-13-6-3-7-14-25)23-11-10-22-18(26)16-8-4-5-9-17(16)20/h4-5,8-9H,2-3,6-7,10-15H2,1H3,(H,22,26)(H2,21,23,24). The number of rotatable bonds is 8. The second-order valence-corrected chi connectivity index (χ2v) is 6.73. The zero-order valence-electron chi connectivity index (χ0n) is 15.6. The molecule has 1 aliphatic rings. The van der Waals surface area contributed by atoms with Crippen LogP contribution in [0.25, 0.3) is 0 Å². The number of aliphatic imine (C=N–C) groups is 1. The van der Waals surface area contributed by atoms with Crippen LogP contribution in [0.5, 0.6) is 0 Å². The maximum absolute atomic E-state index is 12.1. The van der Waals surface area contributed by atoms with Crippen LogP contribution < -0.4 is 16.0 Å². The van der Waals surface area contributed by atoms with E-state index in [9.17, 15) is 4.79 Å². The van der Waals surface area contributed by atoms with Gasteiger partial charge in [0.05, 0.1) is 17.1 Å². The number of piperidine rings is 1. The average Bonchev–Trinajstić information content (AvgIpc) is 2.66. The van der Waals surface area contributed by atoms with E-state index in [0.717, 1.165) is 25.6 Å². The summed E-state index contributed by atoms with van der Waals surface area (Å²) >= 11 is 6.04. The van der Waals surface area contributed by atoms with Gasteiger partial charge >= 0.3 is 0 Å². The quantitative estimate of drug-likeness (QED) is 0.367. The predicted octanol–water partition coefficient (Wildman–Crippen LogP) is 2.11. The van der Waals surface area contributed by atoms with Gasteiger partial charge in [-0.1, -0.05) is 30.2 Å². The molecule has 0 aliphatic carbocycles. The Balaban J connectivity index is 1.69. The number of likely N-dealkylation sites (tertiary alicyclic amines) is 1. The first-order valence-corrected chi connectivity index (χ1v) is 9.85. The van der Waals surface area contributed by atoms with Gasteiger partial charge in [-0.2, -0.15) is 0 Å². The Labute approximate surface area is 161 Å². The third-order valence-electron chi connectivity index (χ3n) is 4.30. The van der Waals surface area contributed by atoms with E-state index in [1.165, 1.54) is 32.4 Å². The Morgan fingerprint density at radius 2 is 1.85 bits per heavy atom. The van der Waals surface area contributed by atoms with Crippen molar-refractivity contribution in [2.45, 2.75) is 26.2 Å². The summed E-state index contributed by atoms with van der Waals surface area (Å²) in [5.41, 5.74) is 0.497. The van der Waals surface area contributed by atoms with E-state index in [0.29, 0.717) is 23.7 Å². The lowest BCUT2D eigenvalue weighted by Gasteiger charge is -2.25. The van der Waals surface area contributed by atoms with Crippen LogP contribution in [0, 0.1) is 0 Å². The Morgan fingerprint density at radius 1 is 1.12 bits per heavy atom. The Bertz CT molecular complexity index is 587. The highest BCUT2D eigenvalue weighted by Gasteiger charge is 2.10. The molecule has 6 nitrogen and oxygen atoms in total. The predicted molar refractivity (Wildman–Crippen MR) is 108 cm³/mol. The highest BCUT2D eigenvalue weighted by atomic mass is 35.5. The van der Waals surface area contributed by atoms with Gasteiger partial charge in [0, 0.05) is 26.2 Å². The second-order valence-electron chi connectivity index (χ2n) is 6.33. The molecular weight excluding hydrogens is 350 g/mol. The Hall–Kier alpha value is -1.79. The minimum Gasteiger partial charge on any atom is -0.357 e. The summed E-state index contributed by atoms with van der Waals surface area (Å²) in [6.45, 7) is 8.11. The number of hydrogen-bond acceptors (Lipinski definition) is 3. The molecule has 0 unspecified atom stereocenters. The molecule has 3 N–H and O–H groups in total. The average molecular weight is 380 g/mol. The number of guanidine groups is 1. The van der Waals surface area contributed by atoms with Crippen molar-refractivity contribution in [1.82, 2.24) is 20.9 Å². The molecule has 7 heteroatoms. The van der Waals surface area contributed by atoms with E-state index >= 15 is 0 Å². The second kappa shape index (κ2) is 11.8. The molecular formula is C19H30ClN5O. The normalized spacial score (nSPS) is 15.5. The number of nitrogens with zero attached hydrogens (tertiary/aromatic N) is 2. The van der Waals surface area contributed by atoms with Crippen LogP contribution in [0.3, 0.4) is 0 Å². The van der Waals surface area contributed by atoms with Crippen LogP contribution in [0.15, 0.2) is 29.3 Å². The van der Waals surface area contributed by atoms with E-state index in [4.69, 9.17) is 11.6 Å². The van der Waals surface area contributed by atoms with Crippen LogP contribution >= 0.6 is 11.6 Å². The van der Waals surface area contributed by atoms with Crippen molar-refractivity contribution in [3.63, 3.8) is 0 Å². The first-order valence-electron chi connectivity index (χ1n) is 9.48. The number of hydrogen-bond donors (Lipinski definition) is 3. The molecule has 1 saturated heterocycles. The molecule has 1 aromatic carbocycles. The van der Waals surface area contributed by atoms with Gasteiger partial charge in [0.15, 0.2) is 5.96 Å². The summed E-state index contributed by atoms with van der Waals surface area (Å²) in [7, 11) is 0. The first-order chi connectivity index (χ1) is 12.7. The molecule has 0 aromatic heterocycles. The number of carbonyl (C=O) groups excluding carboxylic acids is 1. The van der Waals surface area contributed by atoms with Crippen molar-refractivity contribution in [2.24, 2.45) is 4.99 Å². The summed E-state index contributed by atoms with van der Waals surface area (Å²) in [6.07, 6.45) is 3.95. The van der Waals surface area contributed by atoms with Gasteiger partial charge in [-0.15, -0.1) is 0 Å². The van der Waals surface area contributed by atoms with E-state index in [1.807, 2.05) is 13.0 Å². The van der Waals surface area contributed by atoms with Crippen LogP contribution in [0.1, 0.15) is 36.5 Å². The van der Waals surface area contributed by atoms with Gasteiger partial charge in [0.2, 0.25) is 0 Å². The molecule has 1 heterocycles. The first kappa shape index (κ1) is 20.5. The number of halogens is 1. The lowest BCUT2D eigenvalue weighted by molar-refractivity contribution is 0.0954. The highest BCUT2D eigenvalue weighted by molar-refractivity contribution is 6.33. The fourth-order valence-electron chi connectivity index (χ4n) is 2.93. The van der Waals surface area contributed by atoms with Crippen molar-refractivity contribution in [3.05, 3.63) is 34.9 Å². The van der Waals surface area contributed by atoms with E-state index in [2.05, 4.69) is 25.8 Å². The third-order valence-corrected chi connectivity index (χ3v) is 4.63. The Kier molecular flexibility index (Phi) is 9.28. The minimum absolute atomic E-state index is 0.163. The molecule has 26 heavy (non-hydrogen) atoms. The fraction of sp³-hybridized carbons (Fsp3) is 0.579. The largest absolute Gasteiger partial charge is 0.357 e. The zero-order chi connectivity index (χ0) is 18.6. The summed E-state index contributed by atoms with van der Waals surface area (Å²) in [4.78, 5) is 19.2. The van der Waals surface area contributed by atoms with Crippen LogP contribution in [-0.2, 0) is 0 Å². The van der Waals surface area contributed by atoms with Gasteiger partial charge in [-0.25, -0.2) is 0 Å². The molecule has 1 aliphatic heterocycles. The van der Waals surface area contributed by atoms with Gasteiger partial charge in [-0.3, -0.25) is 9.79 Å². The molecule has 0 radical (unpaired) electrons. The van der Waals surface area contributed by atoms with Gasteiger partial charge in [0.25, 0.3) is 5.91 Å². The van der Waals surface area contributed by atoms with E-state index in [-0.39, 0.29) is 5.91 Å². The number of carbonyl (C=O) groups is 1. The fourth-order valence-corrected chi connectivity index (χ4v) is 3.15. The molecule has 0 atom stereocenters. The summed E-state index contributed by atoms with van der Waals surface area (Å²) in [5.74, 6) is 0.626. The van der Waals surface area contributed by atoms with E-state index in [1.54, 1.807) is 18.2 Å². The lowest BCUT2D eigenvalue weighted by Crippen LogP contribution is -2.42. The van der Waals surface area contributed by atoms with Crippen molar-refractivity contribution in [1.29, 1.82) is 0 Å². The van der Waals surface area contributed by atoms with Crippen LogP contribution in [0.2, 0.25) is 5.02 Å². The Morgan fingerprint density at radius 3 is 2.58 bits per heavy atom. The molecule has 0 spiro atoms. The molecule has 2 rings (SSSR count). The molecule has 1 fully saturated rings. The number of amides is 1. The van der Waals surface area contributed by atoms with Crippen molar-refractivity contribution in [2.75, 3.05) is 45.8 Å². The SMILES string of the molecule is CCNC(=NCCN1CCCCC1)NCCNC(=O)c1ccccc1Cl. The maximum atomic E-state index is 12.1. The molecule has 144 valence electrons.